The van der Waals surface area contributed by atoms with E-state index in [1.54, 1.807) is 13.0 Å². The fourth-order valence-electron chi connectivity index (χ4n) is 1.37. The summed E-state index contributed by atoms with van der Waals surface area (Å²) < 4.78 is 9.42. The maximum atomic E-state index is 11.6. The molecule has 5 heteroatoms. The summed E-state index contributed by atoms with van der Waals surface area (Å²) in [6.07, 6.45) is 0. The van der Waals surface area contributed by atoms with E-state index in [-0.39, 0.29) is 5.56 Å². The molecule has 1 aromatic rings. The molecular weight excluding hydrogens is 232 g/mol. The molecule has 0 N–H and O–H groups in total. The zero-order valence-electron chi connectivity index (χ0n) is 9.17. The molecule has 0 saturated heterocycles. The molecule has 0 spiro atoms. The van der Waals surface area contributed by atoms with Crippen molar-refractivity contribution in [2.75, 3.05) is 14.2 Å². The molecule has 0 aliphatic carbocycles. The highest BCUT2D eigenvalue weighted by atomic mass is 35.5. The Hall–Kier alpha value is -1.55. The van der Waals surface area contributed by atoms with Crippen molar-refractivity contribution in [3.8, 4) is 5.75 Å². The fraction of sp³-hybridized carbons (Fsp3) is 0.273. The first kappa shape index (κ1) is 12.5. The maximum absolute atomic E-state index is 11.6. The molecule has 0 aliphatic heterocycles. The predicted octanol–water partition coefficient (Wildman–Crippen LogP) is 2.01. The van der Waals surface area contributed by atoms with Crippen LogP contribution in [0.15, 0.2) is 12.1 Å². The van der Waals surface area contributed by atoms with Gasteiger partial charge in [0.1, 0.15) is 5.75 Å². The van der Waals surface area contributed by atoms with Gasteiger partial charge in [-0.2, -0.15) is 0 Å². The summed E-state index contributed by atoms with van der Waals surface area (Å²) in [5.41, 5.74) is 0.793. The lowest BCUT2D eigenvalue weighted by Gasteiger charge is -2.10. The summed E-state index contributed by atoms with van der Waals surface area (Å²) in [5.74, 6) is -1.38. The molecule has 4 nitrogen and oxygen atoms in total. The number of hydrogen-bond acceptors (Lipinski definition) is 4. The Kier molecular flexibility index (Phi) is 3.90. The zero-order chi connectivity index (χ0) is 12.3. The van der Waals surface area contributed by atoms with E-state index in [0.29, 0.717) is 16.3 Å². The van der Waals surface area contributed by atoms with Gasteiger partial charge in [0, 0.05) is 5.02 Å². The molecule has 0 aliphatic rings. The number of esters is 1. The number of halogens is 1. The quantitative estimate of drug-likeness (QED) is 0.462. The van der Waals surface area contributed by atoms with Crippen LogP contribution in [-0.2, 0) is 9.53 Å². The number of methoxy groups -OCH3 is 2. The third-order valence-corrected chi connectivity index (χ3v) is 2.28. The van der Waals surface area contributed by atoms with Crippen LogP contribution in [0.1, 0.15) is 15.9 Å². The number of hydrogen-bond donors (Lipinski definition) is 0. The Morgan fingerprint density at radius 1 is 1.25 bits per heavy atom. The summed E-state index contributed by atoms with van der Waals surface area (Å²) in [7, 11) is 2.56. The molecule has 0 atom stereocenters. The second kappa shape index (κ2) is 4.99. The molecule has 0 amide bonds. The van der Waals surface area contributed by atoms with Crippen molar-refractivity contribution in [1.29, 1.82) is 0 Å². The minimum Gasteiger partial charge on any atom is -0.496 e. The van der Waals surface area contributed by atoms with Crippen molar-refractivity contribution >= 4 is 23.4 Å². The number of ketones is 1. The minimum absolute atomic E-state index is 0.111. The van der Waals surface area contributed by atoms with Gasteiger partial charge in [-0.15, -0.1) is 0 Å². The van der Waals surface area contributed by atoms with Crippen LogP contribution in [-0.4, -0.2) is 26.0 Å². The first-order chi connectivity index (χ1) is 7.51. The number of aryl methyl sites for hydroxylation is 1. The Morgan fingerprint density at radius 2 is 1.88 bits per heavy atom. The molecule has 0 heterocycles. The van der Waals surface area contributed by atoms with E-state index in [1.165, 1.54) is 13.2 Å². The highest BCUT2D eigenvalue weighted by Gasteiger charge is 2.22. The van der Waals surface area contributed by atoms with Gasteiger partial charge in [0.05, 0.1) is 19.8 Å². The monoisotopic (exact) mass is 242 g/mol. The summed E-state index contributed by atoms with van der Waals surface area (Å²) in [6.45, 7) is 1.73. The molecule has 0 unspecified atom stereocenters. The van der Waals surface area contributed by atoms with E-state index in [9.17, 15) is 9.59 Å². The summed E-state index contributed by atoms with van der Waals surface area (Å²) in [4.78, 5) is 22.8. The highest BCUT2D eigenvalue weighted by molar-refractivity contribution is 6.42. The Morgan fingerprint density at radius 3 is 2.38 bits per heavy atom. The van der Waals surface area contributed by atoms with E-state index in [4.69, 9.17) is 16.3 Å². The standard InChI is InChI=1S/C11H11ClO4/c1-6-4-7(12)5-8(10(6)15-2)9(13)11(14)16-3/h4-5H,1-3H3. The average Bonchev–Trinajstić information content (AvgIpc) is 2.26. The molecule has 1 rings (SSSR count). The first-order valence-corrected chi connectivity index (χ1v) is 4.85. The molecule has 86 valence electrons. The summed E-state index contributed by atoms with van der Waals surface area (Å²) in [5, 5.41) is 0.366. The van der Waals surface area contributed by atoms with Gasteiger partial charge in [0.15, 0.2) is 0 Å². The van der Waals surface area contributed by atoms with E-state index in [2.05, 4.69) is 4.74 Å². The number of Topliss-reactive ketones (excluding diaryl/α,β-unsaturated/α-hetero) is 1. The second-order valence-electron chi connectivity index (χ2n) is 3.12. The minimum atomic E-state index is -0.944. The maximum Gasteiger partial charge on any atom is 0.379 e. The highest BCUT2D eigenvalue weighted by Crippen LogP contribution is 2.28. The predicted molar refractivity (Wildman–Crippen MR) is 59.1 cm³/mol. The van der Waals surface area contributed by atoms with Gasteiger partial charge in [-0.05, 0) is 24.6 Å². The number of rotatable bonds is 3. The van der Waals surface area contributed by atoms with Crippen LogP contribution >= 0.6 is 11.6 Å². The molecule has 0 saturated carbocycles. The summed E-state index contributed by atoms with van der Waals surface area (Å²) >= 11 is 5.81. The molecule has 1 aromatic carbocycles. The average molecular weight is 243 g/mol. The molecule has 0 fully saturated rings. The number of carbonyl (C=O) groups excluding carboxylic acids is 2. The van der Waals surface area contributed by atoms with Crippen molar-refractivity contribution in [2.24, 2.45) is 0 Å². The van der Waals surface area contributed by atoms with Crippen molar-refractivity contribution in [2.45, 2.75) is 6.92 Å². The zero-order valence-corrected chi connectivity index (χ0v) is 9.92. The van der Waals surface area contributed by atoms with Gasteiger partial charge >= 0.3 is 5.97 Å². The first-order valence-electron chi connectivity index (χ1n) is 4.48. The van der Waals surface area contributed by atoms with Crippen LogP contribution in [0, 0.1) is 6.92 Å². The molecule has 0 radical (unpaired) electrons. The second-order valence-corrected chi connectivity index (χ2v) is 3.56. The molecule has 0 aromatic heterocycles. The van der Waals surface area contributed by atoms with Crippen LogP contribution in [0.25, 0.3) is 0 Å². The molecular formula is C11H11ClO4. The van der Waals surface area contributed by atoms with Gasteiger partial charge in [-0.1, -0.05) is 11.6 Å². The Balaban J connectivity index is 3.31. The SMILES string of the molecule is COC(=O)C(=O)c1cc(Cl)cc(C)c1OC. The van der Waals surface area contributed by atoms with Crippen LogP contribution in [0.4, 0.5) is 0 Å². The number of benzene rings is 1. The van der Waals surface area contributed by atoms with Gasteiger partial charge in [0.2, 0.25) is 0 Å². The van der Waals surface area contributed by atoms with E-state index >= 15 is 0 Å². The van der Waals surface area contributed by atoms with Gasteiger partial charge in [0.25, 0.3) is 5.78 Å². The van der Waals surface area contributed by atoms with Crippen molar-refractivity contribution < 1.29 is 19.1 Å². The Bertz CT molecular complexity index is 440. The van der Waals surface area contributed by atoms with E-state index in [1.807, 2.05) is 0 Å². The van der Waals surface area contributed by atoms with Gasteiger partial charge in [-0.25, -0.2) is 4.79 Å². The van der Waals surface area contributed by atoms with Crippen LogP contribution in [0.5, 0.6) is 5.75 Å². The van der Waals surface area contributed by atoms with Gasteiger partial charge in [-0.3, -0.25) is 4.79 Å². The molecule has 16 heavy (non-hydrogen) atoms. The lowest BCUT2D eigenvalue weighted by molar-refractivity contribution is -0.135. The third-order valence-electron chi connectivity index (χ3n) is 2.06. The smallest absolute Gasteiger partial charge is 0.379 e. The van der Waals surface area contributed by atoms with Crippen molar-refractivity contribution in [3.05, 3.63) is 28.3 Å². The largest absolute Gasteiger partial charge is 0.496 e. The van der Waals surface area contributed by atoms with Crippen molar-refractivity contribution in [3.63, 3.8) is 0 Å². The lowest BCUT2D eigenvalue weighted by Crippen LogP contribution is -2.17. The third kappa shape index (κ3) is 2.33. The number of carbonyl (C=O) groups is 2. The summed E-state index contributed by atoms with van der Waals surface area (Å²) in [6, 6.07) is 3.03. The van der Waals surface area contributed by atoms with Crippen LogP contribution in [0.2, 0.25) is 5.02 Å². The Labute approximate surface area is 98.1 Å². The molecule has 0 bridgehead atoms. The lowest BCUT2D eigenvalue weighted by atomic mass is 10.1. The van der Waals surface area contributed by atoms with E-state index < -0.39 is 11.8 Å². The fourth-order valence-corrected chi connectivity index (χ4v) is 1.64. The topological polar surface area (TPSA) is 52.6 Å². The van der Waals surface area contributed by atoms with Crippen molar-refractivity contribution in [1.82, 2.24) is 0 Å². The van der Waals surface area contributed by atoms with Crippen LogP contribution in [0.3, 0.4) is 0 Å². The van der Waals surface area contributed by atoms with Crippen LogP contribution < -0.4 is 4.74 Å². The van der Waals surface area contributed by atoms with Gasteiger partial charge < -0.3 is 9.47 Å². The normalized spacial score (nSPS) is 9.75. The van der Waals surface area contributed by atoms with E-state index in [0.717, 1.165) is 7.11 Å². The number of ether oxygens (including phenoxy) is 2.